The van der Waals surface area contributed by atoms with E-state index in [1.165, 1.54) is 19.1 Å². The first-order chi connectivity index (χ1) is 11.2. The van der Waals surface area contributed by atoms with Gasteiger partial charge in [-0.3, -0.25) is 9.59 Å². The molecule has 0 heterocycles. The van der Waals surface area contributed by atoms with Gasteiger partial charge < -0.3 is 15.4 Å². The number of carbonyl (C=O) groups is 2. The molecule has 1 atom stereocenters. The molecule has 0 bridgehead atoms. The maximum atomic E-state index is 12.4. The first kappa shape index (κ1) is 24.4. The number of nitrogens with one attached hydrogen (secondary N) is 2. The van der Waals surface area contributed by atoms with Crippen LogP contribution < -0.4 is 10.6 Å². The summed E-state index contributed by atoms with van der Waals surface area (Å²) < 4.78 is 41.4. The van der Waals surface area contributed by atoms with E-state index in [-0.39, 0.29) is 31.3 Å². The summed E-state index contributed by atoms with van der Waals surface area (Å²) in [7, 11) is 3.25. The van der Waals surface area contributed by atoms with Crippen molar-refractivity contribution in [1.29, 1.82) is 0 Å². The van der Waals surface area contributed by atoms with Gasteiger partial charge in [0.1, 0.15) is 0 Å². The van der Waals surface area contributed by atoms with Crippen molar-refractivity contribution in [3.05, 3.63) is 23.8 Å². The van der Waals surface area contributed by atoms with Crippen LogP contribution in [0, 0.1) is 5.92 Å². The van der Waals surface area contributed by atoms with Gasteiger partial charge in [0, 0.05) is 27.7 Å². The minimum atomic E-state index is -4.23. The van der Waals surface area contributed by atoms with E-state index in [0.29, 0.717) is 5.57 Å². The Hall–Kier alpha value is -1.83. The van der Waals surface area contributed by atoms with Gasteiger partial charge in [-0.15, -0.1) is 0 Å². The normalized spacial score (nSPS) is 15.8. The van der Waals surface area contributed by atoms with Crippen molar-refractivity contribution in [3.8, 4) is 0 Å². The number of methoxy groups -OCH3 is 1. The van der Waals surface area contributed by atoms with E-state index in [2.05, 4.69) is 15.4 Å². The fraction of sp³-hybridized carbons (Fsp3) is 0.625. The summed E-state index contributed by atoms with van der Waals surface area (Å²) in [6.45, 7) is 5.30. The van der Waals surface area contributed by atoms with Gasteiger partial charge in [-0.05, 0) is 12.0 Å². The maximum Gasteiger partial charge on any atom is 0.395 e. The highest BCUT2D eigenvalue weighted by Crippen LogP contribution is 2.32. The Labute approximate surface area is 141 Å². The average molecular weight is 352 g/mol. The van der Waals surface area contributed by atoms with Gasteiger partial charge in [0.05, 0.1) is 12.5 Å². The molecule has 5 nitrogen and oxygen atoms in total. The SMILES string of the molecule is CC.CC(=O)NCC(=O)NCC1=CCC(C(F)(F)F)C=C1.COC. The lowest BCUT2D eigenvalue weighted by Crippen LogP contribution is -2.36. The second-order valence-corrected chi connectivity index (χ2v) is 4.62. The van der Waals surface area contributed by atoms with Gasteiger partial charge in [0.15, 0.2) is 0 Å². The highest BCUT2D eigenvalue weighted by atomic mass is 19.4. The topological polar surface area (TPSA) is 67.4 Å². The van der Waals surface area contributed by atoms with Gasteiger partial charge >= 0.3 is 6.18 Å². The molecule has 1 rings (SSSR count). The van der Waals surface area contributed by atoms with Crippen LogP contribution >= 0.6 is 0 Å². The number of allylic oxidation sites excluding steroid dienone is 2. The minimum absolute atomic E-state index is 0.114. The van der Waals surface area contributed by atoms with Crippen molar-refractivity contribution in [1.82, 2.24) is 10.6 Å². The van der Waals surface area contributed by atoms with E-state index in [1.807, 2.05) is 13.8 Å². The third kappa shape index (κ3) is 12.7. The van der Waals surface area contributed by atoms with Gasteiger partial charge in [-0.25, -0.2) is 0 Å². The van der Waals surface area contributed by atoms with E-state index in [1.54, 1.807) is 14.2 Å². The molecule has 2 N–H and O–H groups in total. The Bertz CT molecular complexity index is 433. The van der Waals surface area contributed by atoms with Crippen molar-refractivity contribution in [2.75, 3.05) is 27.3 Å². The van der Waals surface area contributed by atoms with Crippen molar-refractivity contribution >= 4 is 11.8 Å². The summed E-state index contributed by atoms with van der Waals surface area (Å²) in [4.78, 5) is 21.8. The Morgan fingerprint density at radius 3 is 2.17 bits per heavy atom. The Morgan fingerprint density at radius 1 is 1.25 bits per heavy atom. The lowest BCUT2D eigenvalue weighted by Gasteiger charge is -2.19. The molecule has 24 heavy (non-hydrogen) atoms. The van der Waals surface area contributed by atoms with Crippen LogP contribution in [-0.2, 0) is 14.3 Å². The van der Waals surface area contributed by atoms with Crippen LogP contribution in [0.4, 0.5) is 13.2 Å². The van der Waals surface area contributed by atoms with Crippen LogP contribution in [0.5, 0.6) is 0 Å². The third-order valence-electron chi connectivity index (χ3n) is 2.58. The lowest BCUT2D eigenvalue weighted by molar-refractivity contribution is -0.160. The van der Waals surface area contributed by atoms with Crippen molar-refractivity contribution in [2.24, 2.45) is 5.92 Å². The van der Waals surface area contributed by atoms with Crippen molar-refractivity contribution in [3.63, 3.8) is 0 Å². The molecule has 1 unspecified atom stereocenters. The molecule has 8 heteroatoms. The Kier molecular flexibility index (Phi) is 13.8. The Balaban J connectivity index is 0. The molecule has 2 amide bonds. The smallest absolute Gasteiger partial charge is 0.388 e. The van der Waals surface area contributed by atoms with Crippen LogP contribution in [0.15, 0.2) is 23.8 Å². The fourth-order valence-corrected chi connectivity index (χ4v) is 1.51. The maximum absolute atomic E-state index is 12.4. The summed E-state index contributed by atoms with van der Waals surface area (Å²) in [5, 5.41) is 4.83. The standard InChI is InChI=1S/C12H15F3N2O2.C2H6O.C2H6/c1-8(18)16-7-11(19)17-6-9-2-4-10(5-3-9)12(13,14)15;1-3-2;1-2/h2-4,10H,5-7H2,1H3,(H,16,18)(H,17,19);1-2H3;1-2H3. The van der Waals surface area contributed by atoms with Crippen LogP contribution in [-0.4, -0.2) is 45.3 Å². The molecule has 0 fully saturated rings. The summed E-state index contributed by atoms with van der Waals surface area (Å²) >= 11 is 0. The van der Waals surface area contributed by atoms with E-state index in [0.717, 1.165) is 6.08 Å². The van der Waals surface area contributed by atoms with Gasteiger partial charge in [0.25, 0.3) is 0 Å². The van der Waals surface area contributed by atoms with Crippen LogP contribution in [0.2, 0.25) is 0 Å². The number of halogens is 3. The average Bonchev–Trinajstić information content (AvgIpc) is 2.53. The highest BCUT2D eigenvalue weighted by Gasteiger charge is 2.37. The lowest BCUT2D eigenvalue weighted by atomic mass is 9.96. The summed E-state index contributed by atoms with van der Waals surface area (Å²) in [5.41, 5.74) is 0.622. The summed E-state index contributed by atoms with van der Waals surface area (Å²) in [6.07, 6.45) is -0.434. The molecule has 0 saturated heterocycles. The van der Waals surface area contributed by atoms with Gasteiger partial charge in [-0.2, -0.15) is 13.2 Å². The molecule has 0 aliphatic heterocycles. The minimum Gasteiger partial charge on any atom is -0.388 e. The second kappa shape index (κ2) is 13.6. The quantitative estimate of drug-likeness (QED) is 0.817. The van der Waals surface area contributed by atoms with Crippen LogP contribution in [0.25, 0.3) is 0 Å². The number of ether oxygens (including phenoxy) is 1. The fourth-order valence-electron chi connectivity index (χ4n) is 1.51. The largest absolute Gasteiger partial charge is 0.395 e. The zero-order valence-electron chi connectivity index (χ0n) is 14.8. The molecule has 1 aliphatic carbocycles. The van der Waals surface area contributed by atoms with Crippen LogP contribution in [0.1, 0.15) is 27.2 Å². The molecular formula is C16H27F3N2O3. The Morgan fingerprint density at radius 2 is 1.79 bits per heavy atom. The van der Waals surface area contributed by atoms with Crippen molar-refractivity contribution in [2.45, 2.75) is 33.4 Å². The number of hydrogen-bond acceptors (Lipinski definition) is 3. The molecule has 140 valence electrons. The molecule has 0 saturated carbocycles. The van der Waals surface area contributed by atoms with Gasteiger partial charge in [-0.1, -0.05) is 32.1 Å². The predicted molar refractivity (Wildman–Crippen MR) is 87.4 cm³/mol. The zero-order chi connectivity index (χ0) is 19.2. The molecule has 0 aromatic carbocycles. The molecule has 0 radical (unpaired) electrons. The zero-order valence-corrected chi connectivity index (χ0v) is 14.8. The number of carbonyl (C=O) groups excluding carboxylic acids is 2. The number of rotatable bonds is 4. The molecule has 0 aromatic rings. The highest BCUT2D eigenvalue weighted by molar-refractivity contribution is 5.83. The predicted octanol–water partition coefficient (Wildman–Crippen LogP) is 2.59. The van der Waals surface area contributed by atoms with E-state index < -0.39 is 12.1 Å². The first-order valence-corrected chi connectivity index (χ1v) is 7.56. The van der Waals surface area contributed by atoms with E-state index in [4.69, 9.17) is 0 Å². The van der Waals surface area contributed by atoms with E-state index in [9.17, 15) is 22.8 Å². The second-order valence-electron chi connectivity index (χ2n) is 4.62. The molecular weight excluding hydrogens is 325 g/mol. The number of hydrogen-bond donors (Lipinski definition) is 2. The van der Waals surface area contributed by atoms with E-state index >= 15 is 0 Å². The first-order valence-electron chi connectivity index (χ1n) is 7.56. The molecule has 0 aromatic heterocycles. The molecule has 0 spiro atoms. The van der Waals surface area contributed by atoms with Crippen LogP contribution in [0.3, 0.4) is 0 Å². The summed E-state index contributed by atoms with van der Waals surface area (Å²) in [6, 6.07) is 0. The molecule has 1 aliphatic rings. The number of amides is 2. The number of alkyl halides is 3. The van der Waals surface area contributed by atoms with Crippen molar-refractivity contribution < 1.29 is 27.5 Å². The summed E-state index contributed by atoms with van der Waals surface area (Å²) in [5.74, 6) is -2.16. The monoisotopic (exact) mass is 352 g/mol. The van der Waals surface area contributed by atoms with Gasteiger partial charge in [0.2, 0.25) is 11.8 Å². The third-order valence-corrected chi connectivity index (χ3v) is 2.58.